The summed E-state index contributed by atoms with van der Waals surface area (Å²) in [7, 11) is 0. The molecule has 5 atom stereocenters. The first kappa shape index (κ1) is 16.3. The molecule has 0 heterocycles. The molecule has 2 fully saturated rings. The minimum atomic E-state index is -0.847. The molecule has 1 amide bonds. The highest BCUT2D eigenvalue weighted by atomic mass is 16.4. The first-order valence-corrected chi connectivity index (χ1v) is 8.18. The van der Waals surface area contributed by atoms with E-state index in [2.05, 4.69) is 5.32 Å². The summed E-state index contributed by atoms with van der Waals surface area (Å²) in [6.45, 7) is 2.80. The lowest BCUT2D eigenvalue weighted by atomic mass is 9.94. The van der Waals surface area contributed by atoms with Crippen molar-refractivity contribution in [1.29, 1.82) is 0 Å². The van der Waals surface area contributed by atoms with Crippen molar-refractivity contribution in [2.45, 2.75) is 45.4 Å². The van der Waals surface area contributed by atoms with E-state index in [1.54, 1.807) is 0 Å². The Bertz CT molecular complexity index is 384. The SMILES string of the molecule is CCC1CC(C(=O)O)C(C(=O)NCC2CCCC2CO)C1. The summed E-state index contributed by atoms with van der Waals surface area (Å²) >= 11 is 0. The Kier molecular flexibility index (Phi) is 5.62. The van der Waals surface area contributed by atoms with Crippen molar-refractivity contribution in [3.63, 3.8) is 0 Å². The van der Waals surface area contributed by atoms with Crippen molar-refractivity contribution in [1.82, 2.24) is 5.32 Å². The van der Waals surface area contributed by atoms with Gasteiger partial charge >= 0.3 is 5.97 Å². The van der Waals surface area contributed by atoms with Crippen LogP contribution >= 0.6 is 0 Å². The fraction of sp³-hybridized carbons (Fsp3) is 0.875. The summed E-state index contributed by atoms with van der Waals surface area (Å²) < 4.78 is 0. The van der Waals surface area contributed by atoms with Crippen LogP contribution in [0.25, 0.3) is 0 Å². The summed E-state index contributed by atoms with van der Waals surface area (Å²) in [6.07, 6.45) is 5.40. The van der Waals surface area contributed by atoms with Gasteiger partial charge in [-0.05, 0) is 43.4 Å². The molecule has 0 aliphatic heterocycles. The second-order valence-electron chi connectivity index (χ2n) is 6.68. The van der Waals surface area contributed by atoms with Crippen molar-refractivity contribution in [3.8, 4) is 0 Å². The molecule has 3 N–H and O–H groups in total. The van der Waals surface area contributed by atoms with Crippen LogP contribution in [0.2, 0.25) is 0 Å². The summed E-state index contributed by atoms with van der Waals surface area (Å²) in [4.78, 5) is 23.7. The Hall–Kier alpha value is -1.10. The highest BCUT2D eigenvalue weighted by Crippen LogP contribution is 2.38. The number of carboxylic acid groups (broad SMARTS) is 1. The van der Waals surface area contributed by atoms with Crippen molar-refractivity contribution in [3.05, 3.63) is 0 Å². The highest BCUT2D eigenvalue weighted by molar-refractivity contribution is 5.85. The molecular weight excluding hydrogens is 270 g/mol. The third-order valence-corrected chi connectivity index (χ3v) is 5.48. The first-order chi connectivity index (χ1) is 10.1. The van der Waals surface area contributed by atoms with Crippen LogP contribution in [0.15, 0.2) is 0 Å². The van der Waals surface area contributed by atoms with E-state index in [0.29, 0.717) is 31.2 Å². The summed E-state index contributed by atoms with van der Waals surface area (Å²) in [5, 5.41) is 21.5. The highest BCUT2D eigenvalue weighted by Gasteiger charge is 2.42. The lowest BCUT2D eigenvalue weighted by molar-refractivity contribution is -0.146. The Morgan fingerprint density at radius 1 is 1.14 bits per heavy atom. The van der Waals surface area contributed by atoms with E-state index in [1.165, 1.54) is 0 Å². The Morgan fingerprint density at radius 2 is 1.81 bits per heavy atom. The fourth-order valence-electron chi connectivity index (χ4n) is 4.02. The molecule has 0 spiro atoms. The minimum Gasteiger partial charge on any atom is -0.481 e. The van der Waals surface area contributed by atoms with Crippen LogP contribution in [0.4, 0.5) is 0 Å². The van der Waals surface area contributed by atoms with Gasteiger partial charge in [0, 0.05) is 13.2 Å². The zero-order valence-electron chi connectivity index (χ0n) is 12.8. The molecule has 5 heteroatoms. The van der Waals surface area contributed by atoms with Crippen molar-refractivity contribution in [2.75, 3.05) is 13.2 Å². The third kappa shape index (κ3) is 3.76. The molecule has 2 aliphatic carbocycles. The van der Waals surface area contributed by atoms with Crippen LogP contribution in [-0.4, -0.2) is 35.2 Å². The first-order valence-electron chi connectivity index (χ1n) is 8.18. The number of carbonyl (C=O) groups is 2. The predicted molar refractivity (Wildman–Crippen MR) is 78.6 cm³/mol. The molecule has 5 unspecified atom stereocenters. The van der Waals surface area contributed by atoms with Gasteiger partial charge < -0.3 is 15.5 Å². The van der Waals surface area contributed by atoms with E-state index in [1.807, 2.05) is 6.92 Å². The van der Waals surface area contributed by atoms with Crippen LogP contribution < -0.4 is 5.32 Å². The van der Waals surface area contributed by atoms with Gasteiger partial charge in [-0.15, -0.1) is 0 Å². The van der Waals surface area contributed by atoms with Crippen molar-refractivity contribution >= 4 is 11.9 Å². The number of aliphatic hydroxyl groups excluding tert-OH is 1. The standard InChI is InChI=1S/C16H27NO4/c1-2-10-6-13(14(7-10)16(20)21)15(19)17-8-11-4-3-5-12(11)9-18/h10-14,18H,2-9H2,1H3,(H,17,19)(H,20,21). The van der Waals surface area contributed by atoms with Gasteiger partial charge in [0.25, 0.3) is 0 Å². The summed E-state index contributed by atoms with van der Waals surface area (Å²) in [5.74, 6) is -0.910. The second-order valence-corrected chi connectivity index (χ2v) is 6.68. The number of rotatable bonds is 6. The van der Waals surface area contributed by atoms with Gasteiger partial charge in [0.1, 0.15) is 0 Å². The zero-order chi connectivity index (χ0) is 15.4. The lowest BCUT2D eigenvalue weighted by Gasteiger charge is -2.20. The van der Waals surface area contributed by atoms with Gasteiger partial charge in [-0.3, -0.25) is 9.59 Å². The maximum atomic E-state index is 12.3. The molecule has 0 radical (unpaired) electrons. The second kappa shape index (κ2) is 7.25. The van der Waals surface area contributed by atoms with E-state index in [-0.39, 0.29) is 24.3 Å². The van der Waals surface area contributed by atoms with Crippen molar-refractivity contribution in [2.24, 2.45) is 29.6 Å². The fourth-order valence-corrected chi connectivity index (χ4v) is 4.02. The number of aliphatic hydroxyl groups is 1. The molecule has 0 aromatic carbocycles. The molecule has 2 aliphatic rings. The number of nitrogens with one attached hydrogen (secondary N) is 1. The maximum absolute atomic E-state index is 12.3. The van der Waals surface area contributed by atoms with Crippen LogP contribution in [0.5, 0.6) is 0 Å². The van der Waals surface area contributed by atoms with Gasteiger partial charge in [0.05, 0.1) is 11.8 Å². The predicted octanol–water partition coefficient (Wildman–Crippen LogP) is 1.65. The monoisotopic (exact) mass is 297 g/mol. The summed E-state index contributed by atoms with van der Waals surface area (Å²) in [5.41, 5.74) is 0. The molecule has 120 valence electrons. The molecule has 5 nitrogen and oxygen atoms in total. The zero-order valence-corrected chi connectivity index (χ0v) is 12.8. The van der Waals surface area contributed by atoms with Gasteiger partial charge in [0.2, 0.25) is 5.91 Å². The molecule has 0 saturated heterocycles. The molecule has 0 aromatic heterocycles. The maximum Gasteiger partial charge on any atom is 0.307 e. The number of amides is 1. The van der Waals surface area contributed by atoms with E-state index in [4.69, 9.17) is 0 Å². The van der Waals surface area contributed by atoms with Crippen LogP contribution in [-0.2, 0) is 9.59 Å². The average Bonchev–Trinajstić information content (AvgIpc) is 3.10. The quantitative estimate of drug-likeness (QED) is 0.695. The normalized spacial score (nSPS) is 35.8. The molecular formula is C16H27NO4. The minimum absolute atomic E-state index is 0.109. The molecule has 21 heavy (non-hydrogen) atoms. The van der Waals surface area contributed by atoms with E-state index in [9.17, 15) is 19.8 Å². The van der Waals surface area contributed by atoms with E-state index >= 15 is 0 Å². The summed E-state index contributed by atoms with van der Waals surface area (Å²) in [6, 6.07) is 0. The topological polar surface area (TPSA) is 86.6 Å². The van der Waals surface area contributed by atoms with Crippen LogP contribution in [0.3, 0.4) is 0 Å². The molecule has 0 aromatic rings. The average molecular weight is 297 g/mol. The Balaban J connectivity index is 1.88. The van der Waals surface area contributed by atoms with E-state index < -0.39 is 11.9 Å². The van der Waals surface area contributed by atoms with Gasteiger partial charge in [-0.1, -0.05) is 19.8 Å². The molecule has 0 bridgehead atoms. The van der Waals surface area contributed by atoms with E-state index in [0.717, 1.165) is 25.7 Å². The van der Waals surface area contributed by atoms with Gasteiger partial charge in [0.15, 0.2) is 0 Å². The Morgan fingerprint density at radius 3 is 2.43 bits per heavy atom. The Labute approximate surface area is 126 Å². The number of carboxylic acids is 1. The molecule has 2 rings (SSSR count). The van der Waals surface area contributed by atoms with Crippen LogP contribution in [0, 0.1) is 29.6 Å². The smallest absolute Gasteiger partial charge is 0.307 e. The number of hydrogen-bond acceptors (Lipinski definition) is 3. The number of carbonyl (C=O) groups excluding carboxylic acids is 1. The lowest BCUT2D eigenvalue weighted by Crippen LogP contribution is -2.38. The number of hydrogen-bond donors (Lipinski definition) is 3. The molecule has 2 saturated carbocycles. The van der Waals surface area contributed by atoms with Crippen molar-refractivity contribution < 1.29 is 19.8 Å². The van der Waals surface area contributed by atoms with Gasteiger partial charge in [-0.2, -0.15) is 0 Å². The largest absolute Gasteiger partial charge is 0.481 e. The van der Waals surface area contributed by atoms with Gasteiger partial charge in [-0.25, -0.2) is 0 Å². The number of aliphatic carboxylic acids is 1. The third-order valence-electron chi connectivity index (χ3n) is 5.48. The van der Waals surface area contributed by atoms with Crippen LogP contribution in [0.1, 0.15) is 45.4 Å².